The molecule has 1 aromatic rings. The second kappa shape index (κ2) is 3.96. The van der Waals surface area contributed by atoms with Gasteiger partial charge in [0.05, 0.1) is 16.0 Å². The smallest absolute Gasteiger partial charge is 0.238 e. The van der Waals surface area contributed by atoms with Gasteiger partial charge in [0.1, 0.15) is 12.4 Å². The van der Waals surface area contributed by atoms with Gasteiger partial charge in [-0.15, -0.1) is 0 Å². The van der Waals surface area contributed by atoms with Crippen LogP contribution in [-0.2, 0) is 14.8 Å². The minimum Gasteiger partial charge on any atom is -0.490 e. The number of amides is 1. The van der Waals surface area contributed by atoms with E-state index < -0.39 is 15.4 Å². The Kier molecular flexibility index (Phi) is 2.83. The SMILES string of the molecule is CC1(C)COc2ccc(S(N)(=O)=O)cc2NC1=O. The monoisotopic (exact) mass is 270 g/mol. The van der Waals surface area contributed by atoms with Gasteiger partial charge < -0.3 is 10.1 Å². The molecule has 0 atom stereocenters. The minimum atomic E-state index is -3.80. The van der Waals surface area contributed by atoms with E-state index in [2.05, 4.69) is 5.32 Å². The molecular weight excluding hydrogens is 256 g/mol. The molecule has 6 nitrogen and oxygen atoms in total. The molecule has 98 valence electrons. The molecule has 0 fully saturated rings. The number of primary sulfonamides is 1. The summed E-state index contributed by atoms with van der Waals surface area (Å²) in [5.74, 6) is 0.203. The molecule has 0 radical (unpaired) electrons. The summed E-state index contributed by atoms with van der Waals surface area (Å²) in [6, 6.07) is 4.12. The second-order valence-corrected chi connectivity index (χ2v) is 6.39. The van der Waals surface area contributed by atoms with E-state index in [1.54, 1.807) is 13.8 Å². The number of fused-ring (bicyclic) bond motifs is 1. The topological polar surface area (TPSA) is 98.5 Å². The van der Waals surface area contributed by atoms with Crippen LogP contribution in [0.15, 0.2) is 23.1 Å². The summed E-state index contributed by atoms with van der Waals surface area (Å²) in [5.41, 5.74) is -0.363. The van der Waals surface area contributed by atoms with Crippen molar-refractivity contribution in [2.24, 2.45) is 10.6 Å². The Morgan fingerprint density at radius 2 is 2.06 bits per heavy atom. The number of hydrogen-bond acceptors (Lipinski definition) is 4. The van der Waals surface area contributed by atoms with Gasteiger partial charge in [-0.25, -0.2) is 13.6 Å². The van der Waals surface area contributed by atoms with Gasteiger partial charge >= 0.3 is 0 Å². The van der Waals surface area contributed by atoms with Crippen LogP contribution in [0, 0.1) is 5.41 Å². The third-order valence-electron chi connectivity index (χ3n) is 2.73. The van der Waals surface area contributed by atoms with Gasteiger partial charge in [0.15, 0.2) is 0 Å². The summed E-state index contributed by atoms with van der Waals surface area (Å²) in [4.78, 5) is 11.8. The number of anilines is 1. The predicted octanol–water partition coefficient (Wildman–Crippen LogP) is 0.691. The number of carbonyl (C=O) groups excluding carboxylic acids is 1. The third-order valence-corrected chi connectivity index (χ3v) is 3.64. The lowest BCUT2D eigenvalue weighted by molar-refractivity contribution is -0.124. The van der Waals surface area contributed by atoms with Crippen LogP contribution >= 0.6 is 0 Å². The summed E-state index contributed by atoms with van der Waals surface area (Å²) in [5, 5.41) is 7.68. The van der Waals surface area contributed by atoms with Crippen LogP contribution in [0.25, 0.3) is 0 Å². The van der Waals surface area contributed by atoms with Crippen molar-refractivity contribution in [3.05, 3.63) is 18.2 Å². The van der Waals surface area contributed by atoms with Crippen molar-refractivity contribution in [3.63, 3.8) is 0 Å². The fourth-order valence-electron chi connectivity index (χ4n) is 1.52. The fourth-order valence-corrected chi connectivity index (χ4v) is 2.06. The first-order valence-electron chi connectivity index (χ1n) is 5.31. The highest BCUT2D eigenvalue weighted by Gasteiger charge is 2.32. The number of sulfonamides is 1. The van der Waals surface area contributed by atoms with Crippen molar-refractivity contribution in [3.8, 4) is 5.75 Å². The number of nitrogens with two attached hydrogens (primary N) is 1. The highest BCUT2D eigenvalue weighted by atomic mass is 32.2. The normalized spacial score (nSPS) is 18.3. The molecule has 2 rings (SSSR count). The van der Waals surface area contributed by atoms with E-state index >= 15 is 0 Å². The van der Waals surface area contributed by atoms with Crippen LogP contribution in [0.4, 0.5) is 5.69 Å². The maximum atomic E-state index is 11.9. The molecule has 1 aliphatic rings. The van der Waals surface area contributed by atoms with Crippen molar-refractivity contribution in [1.82, 2.24) is 0 Å². The van der Waals surface area contributed by atoms with Crippen molar-refractivity contribution in [2.75, 3.05) is 11.9 Å². The van der Waals surface area contributed by atoms with Crippen LogP contribution in [-0.4, -0.2) is 20.9 Å². The maximum Gasteiger partial charge on any atom is 0.238 e. The standard InChI is InChI=1S/C11H14N2O4S/c1-11(2)6-17-9-4-3-7(18(12,15)16)5-8(9)13-10(11)14/h3-5H,6H2,1-2H3,(H,13,14)(H2,12,15,16). The van der Waals surface area contributed by atoms with E-state index in [9.17, 15) is 13.2 Å². The number of nitrogens with one attached hydrogen (secondary N) is 1. The molecule has 1 aromatic carbocycles. The van der Waals surface area contributed by atoms with E-state index in [1.807, 2.05) is 0 Å². The number of benzene rings is 1. The molecule has 7 heteroatoms. The zero-order valence-electron chi connectivity index (χ0n) is 10.1. The van der Waals surface area contributed by atoms with Crippen LogP contribution in [0.1, 0.15) is 13.8 Å². The molecule has 1 aliphatic heterocycles. The molecule has 0 unspecified atom stereocenters. The maximum absolute atomic E-state index is 11.9. The lowest BCUT2D eigenvalue weighted by Gasteiger charge is -2.18. The largest absolute Gasteiger partial charge is 0.490 e. The minimum absolute atomic E-state index is 0.0649. The Hall–Kier alpha value is -1.60. The summed E-state index contributed by atoms with van der Waals surface area (Å²) < 4.78 is 28.0. The lowest BCUT2D eigenvalue weighted by Crippen LogP contribution is -2.33. The average molecular weight is 270 g/mol. The number of rotatable bonds is 1. The van der Waals surface area contributed by atoms with Gasteiger partial charge in [-0.05, 0) is 32.0 Å². The number of ether oxygens (including phenoxy) is 1. The van der Waals surface area contributed by atoms with E-state index in [4.69, 9.17) is 9.88 Å². The van der Waals surface area contributed by atoms with Gasteiger partial charge in [-0.2, -0.15) is 0 Å². The Bertz CT molecular complexity index is 607. The van der Waals surface area contributed by atoms with Crippen molar-refractivity contribution < 1.29 is 17.9 Å². The summed E-state index contributed by atoms with van der Waals surface area (Å²) in [6.07, 6.45) is 0. The third kappa shape index (κ3) is 2.32. The number of carbonyl (C=O) groups is 1. The van der Waals surface area contributed by atoms with E-state index in [0.717, 1.165) is 0 Å². The van der Waals surface area contributed by atoms with Crippen LogP contribution in [0.5, 0.6) is 5.75 Å². The predicted molar refractivity (Wildman–Crippen MR) is 65.7 cm³/mol. The molecule has 0 saturated carbocycles. The first-order valence-corrected chi connectivity index (χ1v) is 6.86. The highest BCUT2D eigenvalue weighted by Crippen LogP contribution is 2.33. The van der Waals surface area contributed by atoms with Crippen LogP contribution in [0.2, 0.25) is 0 Å². The average Bonchev–Trinajstić information content (AvgIpc) is 2.35. The van der Waals surface area contributed by atoms with Gasteiger partial charge in [-0.1, -0.05) is 0 Å². The van der Waals surface area contributed by atoms with E-state index in [1.165, 1.54) is 18.2 Å². The Labute approximate surface area is 105 Å². The Balaban J connectivity index is 2.48. The van der Waals surface area contributed by atoms with Gasteiger partial charge in [-0.3, -0.25) is 4.79 Å². The molecular formula is C11H14N2O4S. The zero-order chi connectivity index (χ0) is 13.6. The molecule has 18 heavy (non-hydrogen) atoms. The number of hydrogen-bond donors (Lipinski definition) is 2. The van der Waals surface area contributed by atoms with Gasteiger partial charge in [0.25, 0.3) is 0 Å². The Morgan fingerprint density at radius 1 is 1.39 bits per heavy atom. The molecule has 0 saturated heterocycles. The van der Waals surface area contributed by atoms with E-state index in [-0.39, 0.29) is 17.4 Å². The van der Waals surface area contributed by atoms with Gasteiger partial charge in [0.2, 0.25) is 15.9 Å². The fraction of sp³-hybridized carbons (Fsp3) is 0.364. The second-order valence-electron chi connectivity index (χ2n) is 4.83. The summed E-state index contributed by atoms with van der Waals surface area (Å²) >= 11 is 0. The van der Waals surface area contributed by atoms with Crippen molar-refractivity contribution in [2.45, 2.75) is 18.7 Å². The lowest BCUT2D eigenvalue weighted by atomic mass is 9.94. The first kappa shape index (κ1) is 12.8. The molecule has 3 N–H and O–H groups in total. The van der Waals surface area contributed by atoms with E-state index in [0.29, 0.717) is 11.4 Å². The highest BCUT2D eigenvalue weighted by molar-refractivity contribution is 7.89. The summed E-state index contributed by atoms with van der Waals surface area (Å²) in [7, 11) is -3.80. The zero-order valence-corrected chi connectivity index (χ0v) is 10.9. The quantitative estimate of drug-likeness (QED) is 0.784. The van der Waals surface area contributed by atoms with Crippen molar-refractivity contribution >= 4 is 21.6 Å². The molecule has 1 amide bonds. The van der Waals surface area contributed by atoms with Crippen LogP contribution in [0.3, 0.4) is 0 Å². The molecule has 0 bridgehead atoms. The van der Waals surface area contributed by atoms with Crippen molar-refractivity contribution in [1.29, 1.82) is 0 Å². The first-order chi connectivity index (χ1) is 8.20. The molecule has 0 aliphatic carbocycles. The van der Waals surface area contributed by atoms with Crippen LogP contribution < -0.4 is 15.2 Å². The summed E-state index contributed by atoms with van der Waals surface area (Å²) in [6.45, 7) is 3.71. The van der Waals surface area contributed by atoms with Gasteiger partial charge in [0, 0.05) is 0 Å². The molecule has 1 heterocycles. The molecule has 0 spiro atoms. The Morgan fingerprint density at radius 3 is 2.67 bits per heavy atom. The molecule has 0 aromatic heterocycles.